The number of carbonyl (C=O) groups is 1. The molecular weight excluding hydrogens is 394 g/mol. The number of hydrogen-bond acceptors (Lipinski definition) is 1. The minimum absolute atomic E-state index is 0.120. The van der Waals surface area contributed by atoms with Gasteiger partial charge < -0.3 is 15.1 Å². The van der Waals surface area contributed by atoms with Gasteiger partial charge in [0.05, 0.1) is 0 Å². The van der Waals surface area contributed by atoms with E-state index in [4.69, 9.17) is 0 Å². The molecule has 1 fully saturated rings. The lowest BCUT2D eigenvalue weighted by atomic mass is 9.96. The molecule has 32 heavy (non-hydrogen) atoms. The zero-order valence-electron chi connectivity index (χ0n) is 19.2. The van der Waals surface area contributed by atoms with Crippen LogP contribution in [-0.4, -0.2) is 38.6 Å². The fraction of sp³-hybridized carbons (Fsp3) is 0.321. The van der Waals surface area contributed by atoms with Gasteiger partial charge in [-0.15, -0.1) is 0 Å². The van der Waals surface area contributed by atoms with E-state index < -0.39 is 0 Å². The first-order valence-electron chi connectivity index (χ1n) is 11.8. The molecule has 0 saturated carbocycles. The Hall–Kier alpha value is -2.95. The second kappa shape index (κ2) is 10.6. The monoisotopic (exact) mass is 429 g/mol. The van der Waals surface area contributed by atoms with Crippen LogP contribution >= 0.6 is 0 Å². The van der Waals surface area contributed by atoms with Gasteiger partial charge in [0.25, 0.3) is 5.91 Å². The number of piperazine rings is 1. The molecule has 3 N–H and O–H groups in total. The Morgan fingerprint density at radius 2 is 1.44 bits per heavy atom. The highest BCUT2D eigenvalue weighted by Crippen LogP contribution is 2.21. The highest BCUT2D eigenvalue weighted by Gasteiger charge is 2.32. The smallest absolute Gasteiger partial charge is 0.279 e. The Balaban J connectivity index is 1.39. The van der Waals surface area contributed by atoms with Crippen LogP contribution in [0.25, 0.3) is 0 Å². The number of nitrogens with one attached hydrogen (secondary N) is 3. The second-order valence-electron chi connectivity index (χ2n) is 8.85. The quantitative estimate of drug-likeness (QED) is 0.529. The van der Waals surface area contributed by atoms with Crippen LogP contribution in [0, 0.1) is 6.92 Å². The molecule has 0 unspecified atom stereocenters. The molecule has 3 aromatic carbocycles. The summed E-state index contributed by atoms with van der Waals surface area (Å²) in [5.41, 5.74) is 6.06. The van der Waals surface area contributed by atoms with Gasteiger partial charge in [-0.3, -0.25) is 4.79 Å². The minimum Gasteiger partial charge on any atom is -0.321 e. The average molecular weight is 430 g/mol. The lowest BCUT2D eigenvalue weighted by molar-refractivity contribution is -1.02. The lowest BCUT2D eigenvalue weighted by Gasteiger charge is -2.35. The fourth-order valence-electron chi connectivity index (χ4n) is 4.96. The Labute approximate surface area is 191 Å². The number of quaternary nitrogens is 2. The van der Waals surface area contributed by atoms with Crippen molar-refractivity contribution in [1.82, 2.24) is 0 Å². The Bertz CT molecular complexity index is 972. The number of carbonyl (C=O) groups excluding carboxylic acids is 1. The van der Waals surface area contributed by atoms with Gasteiger partial charge in [-0.05, 0) is 24.5 Å². The van der Waals surface area contributed by atoms with Crippen LogP contribution < -0.4 is 15.1 Å². The number of para-hydroxylation sites is 1. The third-order valence-corrected chi connectivity index (χ3v) is 6.69. The van der Waals surface area contributed by atoms with E-state index >= 15 is 0 Å². The van der Waals surface area contributed by atoms with Crippen molar-refractivity contribution in [2.45, 2.75) is 26.3 Å². The first-order chi connectivity index (χ1) is 15.7. The lowest BCUT2D eigenvalue weighted by Crippen LogP contribution is -3.28. The molecule has 1 aliphatic rings. The Kier molecular flexibility index (Phi) is 7.35. The van der Waals surface area contributed by atoms with E-state index in [9.17, 15) is 4.79 Å². The Morgan fingerprint density at radius 3 is 2.00 bits per heavy atom. The van der Waals surface area contributed by atoms with Crippen LogP contribution in [0.3, 0.4) is 0 Å². The maximum atomic E-state index is 12.8. The summed E-state index contributed by atoms with van der Waals surface area (Å²) in [7, 11) is 0. The summed E-state index contributed by atoms with van der Waals surface area (Å²) >= 11 is 0. The van der Waals surface area contributed by atoms with Crippen LogP contribution in [0.15, 0.2) is 78.9 Å². The van der Waals surface area contributed by atoms with Crippen molar-refractivity contribution in [3.05, 3.63) is 101 Å². The Morgan fingerprint density at radius 1 is 0.844 bits per heavy atom. The normalized spacial score (nSPS) is 18.5. The molecule has 0 radical (unpaired) electrons. The molecule has 166 valence electrons. The van der Waals surface area contributed by atoms with Gasteiger partial charge >= 0.3 is 0 Å². The second-order valence-corrected chi connectivity index (χ2v) is 8.85. The SMILES string of the molecule is CCc1cccc(C)c1NC(=O)C[NH+]1CC[NH+](C(c2ccccc2)c2ccccc2)CC1. The van der Waals surface area contributed by atoms with Crippen LogP contribution in [-0.2, 0) is 11.2 Å². The number of rotatable bonds is 7. The molecular formula is C28H35N3O+2. The van der Waals surface area contributed by atoms with E-state index in [-0.39, 0.29) is 5.91 Å². The predicted molar refractivity (Wildman–Crippen MR) is 130 cm³/mol. The van der Waals surface area contributed by atoms with Crippen LogP contribution in [0.4, 0.5) is 5.69 Å². The molecule has 1 aliphatic heterocycles. The molecule has 1 saturated heterocycles. The van der Waals surface area contributed by atoms with E-state index in [1.165, 1.54) is 21.6 Å². The highest BCUT2D eigenvalue weighted by atomic mass is 16.2. The summed E-state index contributed by atoms with van der Waals surface area (Å²) in [4.78, 5) is 15.8. The predicted octanol–water partition coefficient (Wildman–Crippen LogP) is 2.07. The first kappa shape index (κ1) is 22.3. The molecule has 1 amide bonds. The number of amides is 1. The molecule has 0 aliphatic carbocycles. The van der Waals surface area contributed by atoms with Gasteiger partial charge in [0.2, 0.25) is 0 Å². The number of benzene rings is 3. The summed E-state index contributed by atoms with van der Waals surface area (Å²) in [6.45, 7) is 8.86. The van der Waals surface area contributed by atoms with Gasteiger partial charge in [-0.2, -0.15) is 0 Å². The number of anilines is 1. The fourth-order valence-corrected chi connectivity index (χ4v) is 4.96. The maximum absolute atomic E-state index is 12.8. The standard InChI is InChI=1S/C28H33N3O/c1-3-23-16-10-11-22(2)27(23)29-26(32)21-30-17-19-31(20-18-30)28(24-12-6-4-7-13-24)25-14-8-5-9-15-25/h4-16,28H,3,17-21H2,1-2H3,(H,29,32)/p+2. The van der Waals surface area contributed by atoms with Gasteiger partial charge in [0.15, 0.2) is 6.54 Å². The van der Waals surface area contributed by atoms with Crippen molar-refractivity contribution < 1.29 is 14.6 Å². The van der Waals surface area contributed by atoms with Crippen LogP contribution in [0.1, 0.15) is 35.2 Å². The van der Waals surface area contributed by atoms with Gasteiger partial charge in [0.1, 0.15) is 32.2 Å². The van der Waals surface area contributed by atoms with Crippen molar-refractivity contribution in [3.8, 4) is 0 Å². The zero-order valence-corrected chi connectivity index (χ0v) is 19.2. The summed E-state index contributed by atoms with van der Waals surface area (Å²) < 4.78 is 0. The summed E-state index contributed by atoms with van der Waals surface area (Å²) in [6, 6.07) is 28.2. The number of hydrogen-bond donors (Lipinski definition) is 3. The molecule has 0 spiro atoms. The molecule has 4 rings (SSSR count). The topological polar surface area (TPSA) is 38.0 Å². The average Bonchev–Trinajstić information content (AvgIpc) is 2.83. The van der Waals surface area contributed by atoms with E-state index in [0.29, 0.717) is 12.6 Å². The van der Waals surface area contributed by atoms with E-state index in [0.717, 1.165) is 43.9 Å². The largest absolute Gasteiger partial charge is 0.321 e. The zero-order chi connectivity index (χ0) is 22.3. The molecule has 0 bridgehead atoms. The molecule has 0 aromatic heterocycles. The summed E-state index contributed by atoms with van der Waals surface area (Å²) in [5.74, 6) is 0.120. The third kappa shape index (κ3) is 5.26. The van der Waals surface area contributed by atoms with Gasteiger partial charge in [-0.1, -0.05) is 85.8 Å². The maximum Gasteiger partial charge on any atom is 0.279 e. The molecule has 0 atom stereocenters. The van der Waals surface area contributed by atoms with Crippen molar-refractivity contribution in [1.29, 1.82) is 0 Å². The molecule has 1 heterocycles. The molecule has 4 heteroatoms. The molecule has 3 aromatic rings. The third-order valence-electron chi connectivity index (χ3n) is 6.69. The van der Waals surface area contributed by atoms with Gasteiger partial charge in [0, 0.05) is 16.8 Å². The van der Waals surface area contributed by atoms with E-state index in [1.807, 2.05) is 0 Å². The van der Waals surface area contributed by atoms with Crippen LogP contribution in [0.5, 0.6) is 0 Å². The minimum atomic E-state index is 0.120. The highest BCUT2D eigenvalue weighted by molar-refractivity contribution is 5.93. The van der Waals surface area contributed by atoms with Crippen LogP contribution in [0.2, 0.25) is 0 Å². The van der Waals surface area contributed by atoms with Gasteiger partial charge in [-0.25, -0.2) is 0 Å². The summed E-state index contributed by atoms with van der Waals surface area (Å²) in [5, 5.41) is 3.20. The van der Waals surface area contributed by atoms with Crippen molar-refractivity contribution in [2.24, 2.45) is 0 Å². The first-order valence-corrected chi connectivity index (χ1v) is 11.8. The summed E-state index contributed by atoms with van der Waals surface area (Å²) in [6.07, 6.45) is 0.923. The van der Waals surface area contributed by atoms with Crippen molar-refractivity contribution in [2.75, 3.05) is 38.0 Å². The van der Waals surface area contributed by atoms with Crippen molar-refractivity contribution in [3.63, 3.8) is 0 Å². The van der Waals surface area contributed by atoms with E-state index in [2.05, 4.69) is 98.0 Å². The number of aryl methyl sites for hydroxylation is 2. The van der Waals surface area contributed by atoms with Crippen molar-refractivity contribution >= 4 is 11.6 Å². The molecule has 4 nitrogen and oxygen atoms in total. The van der Waals surface area contributed by atoms with E-state index in [1.54, 1.807) is 4.90 Å².